The van der Waals surface area contributed by atoms with Crippen molar-refractivity contribution in [2.24, 2.45) is 5.92 Å². The van der Waals surface area contributed by atoms with Crippen molar-refractivity contribution in [3.63, 3.8) is 0 Å². The Labute approximate surface area is 213 Å². The number of nitrogens with zero attached hydrogens (tertiary/aromatic N) is 5. The van der Waals surface area contributed by atoms with Crippen LogP contribution >= 0.6 is 0 Å². The van der Waals surface area contributed by atoms with Crippen molar-refractivity contribution in [3.05, 3.63) is 12.2 Å². The summed E-state index contributed by atoms with van der Waals surface area (Å²) in [4.78, 5) is 40.0. The molecule has 13 heteroatoms. The van der Waals surface area contributed by atoms with Gasteiger partial charge in [0, 0.05) is 25.6 Å². The molecule has 0 spiro atoms. The Balaban J connectivity index is 1.13. The molecule has 6 rings (SSSR count). The van der Waals surface area contributed by atoms with Crippen molar-refractivity contribution in [1.29, 1.82) is 0 Å². The fourth-order valence-electron chi connectivity index (χ4n) is 5.16. The lowest BCUT2D eigenvalue weighted by Crippen LogP contribution is -2.43. The summed E-state index contributed by atoms with van der Waals surface area (Å²) in [6.07, 6.45) is 3.28. The number of fused-ring (bicyclic) bond motifs is 1. The van der Waals surface area contributed by atoms with Crippen LogP contribution in [0.3, 0.4) is 0 Å². The number of aliphatic hydroxyl groups excluding tert-OH is 2. The first-order valence-electron chi connectivity index (χ1n) is 13.1. The van der Waals surface area contributed by atoms with Crippen molar-refractivity contribution in [3.8, 4) is 0 Å². The van der Waals surface area contributed by atoms with E-state index in [2.05, 4.69) is 20.3 Å². The van der Waals surface area contributed by atoms with Crippen LogP contribution in [0.2, 0.25) is 0 Å². The number of imidazole rings is 1. The molecule has 2 aromatic heterocycles. The van der Waals surface area contributed by atoms with Crippen LogP contribution in [0.1, 0.15) is 57.0 Å². The number of rotatable bonds is 6. The van der Waals surface area contributed by atoms with Crippen LogP contribution in [0.4, 0.5) is 10.6 Å². The van der Waals surface area contributed by atoms with E-state index in [0.29, 0.717) is 36.5 Å². The van der Waals surface area contributed by atoms with Gasteiger partial charge in [0.05, 0.1) is 6.33 Å². The van der Waals surface area contributed by atoms with Gasteiger partial charge in [0.15, 0.2) is 23.8 Å². The zero-order valence-electron chi connectivity index (χ0n) is 20.5. The highest BCUT2D eigenvalue weighted by atomic mass is 16.6. The number of ether oxygens (including phenoxy) is 2. The zero-order valence-corrected chi connectivity index (χ0v) is 20.5. The number of piperidine rings is 1. The molecule has 0 radical (unpaired) electrons. The Bertz CT molecular complexity index is 1170. The lowest BCUT2D eigenvalue weighted by Gasteiger charge is -2.34. The molecular formula is C24H33N7O6. The van der Waals surface area contributed by atoms with Crippen LogP contribution in [0, 0.1) is 5.92 Å². The summed E-state index contributed by atoms with van der Waals surface area (Å²) < 4.78 is 12.8. The van der Waals surface area contributed by atoms with Crippen molar-refractivity contribution in [1.82, 2.24) is 29.7 Å². The first-order chi connectivity index (χ1) is 17.9. The van der Waals surface area contributed by atoms with E-state index in [-0.39, 0.29) is 30.0 Å². The molecule has 2 aromatic rings. The summed E-state index contributed by atoms with van der Waals surface area (Å²) in [7, 11) is 0. The summed E-state index contributed by atoms with van der Waals surface area (Å²) in [5, 5.41) is 24.0. The third kappa shape index (κ3) is 4.82. The van der Waals surface area contributed by atoms with Gasteiger partial charge >= 0.3 is 6.09 Å². The van der Waals surface area contributed by atoms with Crippen LogP contribution in [0.25, 0.3) is 11.2 Å². The molecule has 2 amide bonds. The van der Waals surface area contributed by atoms with E-state index in [1.807, 2.05) is 0 Å². The predicted molar refractivity (Wildman–Crippen MR) is 129 cm³/mol. The van der Waals surface area contributed by atoms with Gasteiger partial charge in [-0.15, -0.1) is 0 Å². The smallest absolute Gasteiger partial charge is 0.410 e. The first kappa shape index (κ1) is 24.3. The molecule has 2 saturated carbocycles. The molecule has 5 N–H and O–H groups in total. The van der Waals surface area contributed by atoms with Crippen molar-refractivity contribution in [2.75, 3.05) is 18.8 Å². The van der Waals surface area contributed by atoms with Gasteiger partial charge < -0.3 is 35.6 Å². The molecule has 4 fully saturated rings. The maximum atomic E-state index is 12.5. The molecule has 0 bridgehead atoms. The van der Waals surface area contributed by atoms with Crippen molar-refractivity contribution in [2.45, 2.75) is 88.1 Å². The second-order valence-electron chi connectivity index (χ2n) is 10.6. The molecule has 37 heavy (non-hydrogen) atoms. The number of aromatic nitrogens is 4. The average Bonchev–Trinajstić information content (AvgIpc) is 3.49. The number of likely N-dealkylation sites (tertiary alicyclic amines) is 1. The number of amides is 2. The van der Waals surface area contributed by atoms with Gasteiger partial charge in [-0.3, -0.25) is 9.36 Å². The van der Waals surface area contributed by atoms with Gasteiger partial charge in [0.2, 0.25) is 0 Å². The first-order valence-corrected chi connectivity index (χ1v) is 13.1. The fourth-order valence-corrected chi connectivity index (χ4v) is 5.16. The fraction of sp³-hybridized carbons (Fsp3) is 0.708. The van der Waals surface area contributed by atoms with E-state index in [1.54, 1.807) is 4.90 Å². The number of anilines is 1. The molecule has 2 aliphatic carbocycles. The second-order valence-corrected chi connectivity index (χ2v) is 10.6. The van der Waals surface area contributed by atoms with E-state index in [4.69, 9.17) is 15.2 Å². The van der Waals surface area contributed by atoms with E-state index >= 15 is 0 Å². The maximum absolute atomic E-state index is 12.5. The SMILES string of the molecule is Nc1nc(CC2CCN(C(=O)OC3CCC3)CC2)nc2c1ncn2[C@@H]1O[C@H](C(=O)NC2CC2)C(O)C1O. The number of carbonyl (C=O) groups is 2. The van der Waals surface area contributed by atoms with E-state index in [9.17, 15) is 19.8 Å². The zero-order chi connectivity index (χ0) is 25.7. The Hall–Kier alpha value is -3.03. The maximum Gasteiger partial charge on any atom is 0.410 e. The molecule has 13 nitrogen and oxygen atoms in total. The number of hydrogen-bond acceptors (Lipinski definition) is 10. The van der Waals surface area contributed by atoms with Gasteiger partial charge in [0.25, 0.3) is 5.91 Å². The molecule has 200 valence electrons. The number of nitrogen functional groups attached to an aromatic ring is 1. The third-order valence-corrected chi connectivity index (χ3v) is 7.85. The summed E-state index contributed by atoms with van der Waals surface area (Å²) in [5.41, 5.74) is 6.91. The number of nitrogens with two attached hydrogens (primary N) is 1. The van der Waals surface area contributed by atoms with Crippen LogP contribution in [-0.2, 0) is 20.7 Å². The van der Waals surface area contributed by atoms with Crippen LogP contribution in [-0.4, -0.2) is 90.2 Å². The third-order valence-electron chi connectivity index (χ3n) is 7.85. The van der Waals surface area contributed by atoms with Gasteiger partial charge in [-0.2, -0.15) is 0 Å². The Morgan fingerprint density at radius 1 is 1.11 bits per heavy atom. The van der Waals surface area contributed by atoms with Gasteiger partial charge in [0.1, 0.15) is 29.7 Å². The highest BCUT2D eigenvalue weighted by Gasteiger charge is 2.48. The van der Waals surface area contributed by atoms with Crippen molar-refractivity contribution < 1.29 is 29.3 Å². The minimum Gasteiger partial charge on any atom is -0.446 e. The topological polar surface area (TPSA) is 178 Å². The standard InChI is InChI=1S/C24H33N7O6/c25-20-16-21(31(11-26-16)23-18(33)17(32)19(37-23)22(34)27-13-4-5-13)29-15(28-20)10-12-6-8-30(9-7-12)24(35)36-14-2-1-3-14/h11-14,17-19,23,32-33H,1-10H2,(H,27,34)(H2,25,28,29)/t17?,18?,19-,23+/m0/s1. The summed E-state index contributed by atoms with van der Waals surface area (Å²) in [6, 6.07) is 0.101. The average molecular weight is 516 g/mol. The molecule has 2 saturated heterocycles. The van der Waals surface area contributed by atoms with Gasteiger partial charge in [-0.05, 0) is 50.9 Å². The Morgan fingerprint density at radius 3 is 2.54 bits per heavy atom. The normalized spacial score (nSPS) is 28.9. The number of hydrogen-bond donors (Lipinski definition) is 4. The minimum absolute atomic E-state index is 0.0736. The molecule has 2 unspecified atom stereocenters. The molecule has 4 atom stereocenters. The molecule has 2 aliphatic heterocycles. The lowest BCUT2D eigenvalue weighted by molar-refractivity contribution is -0.137. The lowest BCUT2D eigenvalue weighted by atomic mass is 9.93. The monoisotopic (exact) mass is 515 g/mol. The summed E-state index contributed by atoms with van der Waals surface area (Å²) in [6.45, 7) is 1.24. The second kappa shape index (κ2) is 9.69. The highest BCUT2D eigenvalue weighted by Crippen LogP contribution is 2.33. The number of carbonyl (C=O) groups excluding carboxylic acids is 2. The predicted octanol–water partition coefficient (Wildman–Crippen LogP) is 0.250. The minimum atomic E-state index is -1.39. The molecule has 0 aromatic carbocycles. The highest BCUT2D eigenvalue weighted by molar-refractivity contribution is 5.83. The van der Waals surface area contributed by atoms with Crippen molar-refractivity contribution >= 4 is 29.0 Å². The van der Waals surface area contributed by atoms with E-state index in [0.717, 1.165) is 44.9 Å². The molecule has 4 aliphatic rings. The summed E-state index contributed by atoms with van der Waals surface area (Å²) >= 11 is 0. The van der Waals surface area contributed by atoms with Gasteiger partial charge in [-0.1, -0.05) is 0 Å². The molecule has 4 heterocycles. The van der Waals surface area contributed by atoms with Crippen LogP contribution < -0.4 is 11.1 Å². The van der Waals surface area contributed by atoms with Gasteiger partial charge in [-0.25, -0.2) is 19.7 Å². The number of nitrogens with one attached hydrogen (secondary N) is 1. The largest absolute Gasteiger partial charge is 0.446 e. The Morgan fingerprint density at radius 2 is 1.86 bits per heavy atom. The quantitative estimate of drug-likeness (QED) is 0.417. The molecular weight excluding hydrogens is 482 g/mol. The summed E-state index contributed by atoms with van der Waals surface area (Å²) in [5.74, 6) is 0.556. The van der Waals surface area contributed by atoms with E-state index in [1.165, 1.54) is 10.9 Å². The van der Waals surface area contributed by atoms with Crippen LogP contribution in [0.15, 0.2) is 6.33 Å². The Kier molecular flexibility index (Phi) is 6.37. The van der Waals surface area contributed by atoms with E-state index < -0.39 is 30.4 Å². The number of aliphatic hydroxyl groups is 2. The van der Waals surface area contributed by atoms with Crippen LogP contribution in [0.5, 0.6) is 0 Å².